The van der Waals surface area contributed by atoms with Crippen molar-refractivity contribution in [1.29, 1.82) is 0 Å². The number of halogens is 1. The number of carbonyl (C=O) groups is 1. The molecule has 6 nitrogen and oxygen atoms in total. The van der Waals surface area contributed by atoms with E-state index in [4.69, 9.17) is 11.6 Å². The second-order valence-corrected chi connectivity index (χ2v) is 9.57. The summed E-state index contributed by atoms with van der Waals surface area (Å²) in [5.74, 6) is 0.728. The highest BCUT2D eigenvalue weighted by Gasteiger charge is 2.25. The molecule has 174 valence electrons. The zero-order valence-corrected chi connectivity index (χ0v) is 20.9. The maximum Gasteiger partial charge on any atom is 0.236 e. The fourth-order valence-electron chi connectivity index (χ4n) is 3.70. The molecule has 0 radical (unpaired) electrons. The summed E-state index contributed by atoms with van der Waals surface area (Å²) in [6, 6.07) is 19.6. The normalized spacial score (nSPS) is 11.9. The van der Waals surface area contributed by atoms with Gasteiger partial charge < -0.3 is 4.90 Å². The van der Waals surface area contributed by atoms with Crippen molar-refractivity contribution in [1.82, 2.24) is 24.6 Å². The predicted molar refractivity (Wildman–Crippen MR) is 137 cm³/mol. The lowest BCUT2D eigenvalue weighted by atomic mass is 10.2. The van der Waals surface area contributed by atoms with Crippen molar-refractivity contribution in [2.45, 2.75) is 37.7 Å². The van der Waals surface area contributed by atoms with Crippen LogP contribution in [0.3, 0.4) is 0 Å². The molecule has 2 aromatic heterocycles. The number of pyridine rings is 1. The maximum absolute atomic E-state index is 13.3. The summed E-state index contributed by atoms with van der Waals surface area (Å²) in [6.07, 6.45) is 3.45. The van der Waals surface area contributed by atoms with Crippen molar-refractivity contribution < 1.29 is 4.79 Å². The molecule has 4 aromatic rings. The van der Waals surface area contributed by atoms with Gasteiger partial charge in [0.25, 0.3) is 0 Å². The van der Waals surface area contributed by atoms with E-state index in [-0.39, 0.29) is 11.2 Å². The number of thioether (sulfide) groups is 1. The van der Waals surface area contributed by atoms with Gasteiger partial charge in [-0.15, -0.1) is 10.2 Å². The third kappa shape index (κ3) is 5.16. The van der Waals surface area contributed by atoms with Crippen molar-refractivity contribution >= 4 is 29.3 Å². The van der Waals surface area contributed by atoms with E-state index in [1.165, 1.54) is 11.8 Å². The van der Waals surface area contributed by atoms with Gasteiger partial charge in [-0.25, -0.2) is 0 Å². The van der Waals surface area contributed by atoms with Crippen molar-refractivity contribution in [2.75, 3.05) is 6.54 Å². The maximum atomic E-state index is 13.3. The lowest BCUT2D eigenvalue weighted by Crippen LogP contribution is -2.36. The summed E-state index contributed by atoms with van der Waals surface area (Å²) < 4.78 is 1.97. The number of rotatable bonds is 8. The molecule has 2 heterocycles. The number of hydrogen-bond acceptors (Lipinski definition) is 5. The van der Waals surface area contributed by atoms with Crippen molar-refractivity contribution in [3.05, 3.63) is 89.2 Å². The van der Waals surface area contributed by atoms with E-state index in [1.807, 2.05) is 90.9 Å². The number of hydrogen-bond donors (Lipinski definition) is 0. The summed E-state index contributed by atoms with van der Waals surface area (Å²) in [5, 5.41) is 9.89. The van der Waals surface area contributed by atoms with Crippen LogP contribution in [0.15, 0.2) is 78.2 Å². The molecule has 34 heavy (non-hydrogen) atoms. The third-order valence-corrected chi connectivity index (χ3v) is 7.03. The first-order valence-corrected chi connectivity index (χ1v) is 12.4. The Labute approximate surface area is 209 Å². The molecular formula is C26H26ClN5OS. The quantitative estimate of drug-likeness (QED) is 0.290. The van der Waals surface area contributed by atoms with Crippen LogP contribution < -0.4 is 0 Å². The van der Waals surface area contributed by atoms with E-state index in [1.54, 1.807) is 12.4 Å². The van der Waals surface area contributed by atoms with Crippen LogP contribution in [0.2, 0.25) is 5.02 Å². The van der Waals surface area contributed by atoms with Crippen LogP contribution in [0.1, 0.15) is 25.0 Å². The van der Waals surface area contributed by atoms with Crippen LogP contribution in [-0.2, 0) is 11.3 Å². The zero-order chi connectivity index (χ0) is 24.1. The van der Waals surface area contributed by atoms with Crippen molar-refractivity contribution in [3.8, 4) is 17.1 Å². The van der Waals surface area contributed by atoms with Gasteiger partial charge in [-0.2, -0.15) is 0 Å². The summed E-state index contributed by atoms with van der Waals surface area (Å²) in [6.45, 7) is 7.08. The monoisotopic (exact) mass is 491 g/mol. The molecule has 1 atom stereocenters. The summed E-state index contributed by atoms with van der Waals surface area (Å²) in [7, 11) is 0. The first-order valence-electron chi connectivity index (χ1n) is 11.1. The Morgan fingerprint density at radius 3 is 2.50 bits per heavy atom. The summed E-state index contributed by atoms with van der Waals surface area (Å²) in [4.78, 5) is 19.3. The molecule has 0 fully saturated rings. The van der Waals surface area contributed by atoms with E-state index in [0.717, 1.165) is 22.4 Å². The van der Waals surface area contributed by atoms with Gasteiger partial charge in [0, 0.05) is 36.1 Å². The number of benzene rings is 2. The highest BCUT2D eigenvalue weighted by molar-refractivity contribution is 8.00. The standard InChI is InChI=1S/C26H26ClN5OS/c1-4-31(17-20-9-6-5-7-10-20)25(33)19(3)34-26-30-29-24(21-13-15-28-16-14-21)32(26)23-12-8-11-22(27)18(23)2/h5-16,19H,4,17H2,1-3H3. The molecule has 0 aliphatic heterocycles. The average molecular weight is 492 g/mol. The second kappa shape index (κ2) is 10.8. The van der Waals surface area contributed by atoms with Crippen LogP contribution >= 0.6 is 23.4 Å². The number of amides is 1. The SMILES string of the molecule is CCN(Cc1ccccc1)C(=O)C(C)Sc1nnc(-c2ccncc2)n1-c1cccc(Cl)c1C. The van der Waals surface area contributed by atoms with Gasteiger partial charge in [0.2, 0.25) is 5.91 Å². The van der Waals surface area contributed by atoms with Crippen LogP contribution in [-0.4, -0.2) is 42.4 Å². The number of nitrogens with zero attached hydrogens (tertiary/aromatic N) is 5. The van der Waals surface area contributed by atoms with Crippen LogP contribution in [0.4, 0.5) is 0 Å². The fourth-order valence-corrected chi connectivity index (χ4v) is 4.82. The van der Waals surface area contributed by atoms with E-state index < -0.39 is 0 Å². The van der Waals surface area contributed by atoms with Crippen molar-refractivity contribution in [3.63, 3.8) is 0 Å². The first-order chi connectivity index (χ1) is 16.5. The van der Waals surface area contributed by atoms with Gasteiger partial charge in [0.05, 0.1) is 10.9 Å². The first kappa shape index (κ1) is 24.0. The lowest BCUT2D eigenvalue weighted by Gasteiger charge is -2.24. The molecule has 4 rings (SSSR count). The minimum Gasteiger partial charge on any atom is -0.338 e. The van der Waals surface area contributed by atoms with Crippen LogP contribution in [0.25, 0.3) is 17.1 Å². The van der Waals surface area contributed by atoms with Crippen LogP contribution in [0, 0.1) is 6.92 Å². The number of carbonyl (C=O) groups excluding carboxylic acids is 1. The van der Waals surface area contributed by atoms with E-state index in [0.29, 0.717) is 29.1 Å². The largest absolute Gasteiger partial charge is 0.338 e. The molecule has 0 aliphatic rings. The number of aromatic nitrogens is 4. The Morgan fingerprint density at radius 2 is 1.79 bits per heavy atom. The molecular weight excluding hydrogens is 466 g/mol. The van der Waals surface area contributed by atoms with Crippen LogP contribution in [0.5, 0.6) is 0 Å². The molecule has 0 aliphatic carbocycles. The van der Waals surface area contributed by atoms with Gasteiger partial charge in [-0.05, 0) is 56.2 Å². The molecule has 0 saturated carbocycles. The molecule has 0 spiro atoms. The Balaban J connectivity index is 1.67. The highest BCUT2D eigenvalue weighted by atomic mass is 35.5. The smallest absolute Gasteiger partial charge is 0.236 e. The summed E-state index contributed by atoms with van der Waals surface area (Å²) >= 11 is 7.84. The lowest BCUT2D eigenvalue weighted by molar-refractivity contribution is -0.130. The van der Waals surface area contributed by atoms with E-state index in [9.17, 15) is 4.79 Å². The Bertz CT molecular complexity index is 1260. The molecule has 0 saturated heterocycles. The van der Waals surface area contributed by atoms with Gasteiger partial charge in [0.1, 0.15) is 0 Å². The molecule has 0 bridgehead atoms. The topological polar surface area (TPSA) is 63.9 Å². The summed E-state index contributed by atoms with van der Waals surface area (Å²) in [5.41, 5.74) is 3.78. The molecule has 2 aromatic carbocycles. The second-order valence-electron chi connectivity index (χ2n) is 7.86. The Hall–Kier alpha value is -3.16. The van der Waals surface area contributed by atoms with Gasteiger partial charge in [-0.3, -0.25) is 14.3 Å². The average Bonchev–Trinajstić information content (AvgIpc) is 3.28. The minimum absolute atomic E-state index is 0.0548. The fraction of sp³-hybridized carbons (Fsp3) is 0.231. The van der Waals surface area contributed by atoms with Crippen molar-refractivity contribution in [2.24, 2.45) is 0 Å². The Kier molecular flexibility index (Phi) is 7.65. The van der Waals surface area contributed by atoms with Gasteiger partial charge >= 0.3 is 0 Å². The molecule has 1 unspecified atom stereocenters. The molecule has 0 N–H and O–H groups in total. The molecule has 8 heteroatoms. The molecule has 1 amide bonds. The van der Waals surface area contributed by atoms with Gasteiger partial charge in [0.15, 0.2) is 11.0 Å². The predicted octanol–water partition coefficient (Wildman–Crippen LogP) is 5.82. The van der Waals surface area contributed by atoms with E-state index >= 15 is 0 Å². The third-order valence-electron chi connectivity index (χ3n) is 5.59. The van der Waals surface area contributed by atoms with Gasteiger partial charge in [-0.1, -0.05) is 59.8 Å². The minimum atomic E-state index is -0.351. The highest BCUT2D eigenvalue weighted by Crippen LogP contribution is 2.33. The van der Waals surface area contributed by atoms with E-state index in [2.05, 4.69) is 15.2 Å². The Morgan fingerprint density at radius 1 is 1.06 bits per heavy atom. The zero-order valence-electron chi connectivity index (χ0n) is 19.4.